The van der Waals surface area contributed by atoms with Gasteiger partial charge in [0.05, 0.1) is 0 Å². The highest BCUT2D eigenvalue weighted by molar-refractivity contribution is 5.79. The van der Waals surface area contributed by atoms with Crippen LogP contribution in [-0.4, -0.2) is 43.6 Å². The summed E-state index contributed by atoms with van der Waals surface area (Å²) in [5.41, 5.74) is 15.7. The fraction of sp³-hybridized carbons (Fsp3) is 0.556. The van der Waals surface area contributed by atoms with Crippen molar-refractivity contribution in [3.05, 3.63) is 0 Å². The Labute approximate surface area is 108 Å². The van der Waals surface area contributed by atoms with Crippen LogP contribution in [0, 0.1) is 0 Å². The van der Waals surface area contributed by atoms with Gasteiger partial charge in [-0.3, -0.25) is 19.5 Å². The molecule has 0 aromatic heterocycles. The number of hydrogen-bond acceptors (Lipinski definition) is 8. The third kappa shape index (κ3) is 9.35. The minimum atomic E-state index is -1.03. The standard InChI is InChI=1S/C9H16N4O6/c10-6(2-1-3-13-9(11)12)8(16)17-4-7(15)19-18-5-14/h5-6H,1-4,10H2,(H4,11,12,13). The first-order valence-electron chi connectivity index (χ1n) is 5.24. The van der Waals surface area contributed by atoms with Gasteiger partial charge < -0.3 is 21.9 Å². The largest absolute Gasteiger partial charge is 0.452 e. The van der Waals surface area contributed by atoms with Gasteiger partial charge in [0.1, 0.15) is 6.04 Å². The Balaban J connectivity index is 3.78. The van der Waals surface area contributed by atoms with Crippen molar-refractivity contribution in [2.45, 2.75) is 18.9 Å². The number of nitrogens with two attached hydrogens (primary N) is 3. The number of guanidine groups is 1. The third-order valence-electron chi connectivity index (χ3n) is 1.78. The number of carbonyl (C=O) groups excluding carboxylic acids is 3. The molecule has 0 fully saturated rings. The molecule has 0 bridgehead atoms. The van der Waals surface area contributed by atoms with Crippen molar-refractivity contribution < 1.29 is 28.9 Å². The Morgan fingerprint density at radius 3 is 2.58 bits per heavy atom. The van der Waals surface area contributed by atoms with Crippen LogP contribution in [0.5, 0.6) is 0 Å². The minimum absolute atomic E-state index is 0.0472. The van der Waals surface area contributed by atoms with Gasteiger partial charge in [-0.05, 0) is 12.8 Å². The fourth-order valence-electron chi connectivity index (χ4n) is 0.972. The molecule has 108 valence electrons. The Bertz CT molecular complexity index is 342. The van der Waals surface area contributed by atoms with Crippen LogP contribution in [0.4, 0.5) is 0 Å². The van der Waals surface area contributed by atoms with E-state index in [0.29, 0.717) is 13.0 Å². The zero-order chi connectivity index (χ0) is 14.7. The highest BCUT2D eigenvalue weighted by Gasteiger charge is 2.17. The van der Waals surface area contributed by atoms with E-state index in [2.05, 4.69) is 19.5 Å². The number of carbonyl (C=O) groups is 3. The van der Waals surface area contributed by atoms with Crippen LogP contribution in [0.1, 0.15) is 12.8 Å². The SMILES string of the molecule is NC(N)=NCCCC(N)C(=O)OCC(=O)OOC=O. The van der Waals surface area contributed by atoms with E-state index in [1.54, 1.807) is 0 Å². The topological polar surface area (TPSA) is 169 Å². The van der Waals surface area contributed by atoms with Crippen LogP contribution in [0.3, 0.4) is 0 Å². The smallest absolute Gasteiger partial charge is 0.392 e. The van der Waals surface area contributed by atoms with Crippen LogP contribution in [-0.2, 0) is 28.9 Å². The van der Waals surface area contributed by atoms with Crippen molar-refractivity contribution in [2.75, 3.05) is 13.2 Å². The Kier molecular flexibility index (Phi) is 8.45. The molecule has 6 N–H and O–H groups in total. The maximum atomic E-state index is 11.3. The summed E-state index contributed by atoms with van der Waals surface area (Å²) >= 11 is 0. The van der Waals surface area contributed by atoms with Gasteiger partial charge >= 0.3 is 18.4 Å². The van der Waals surface area contributed by atoms with Crippen molar-refractivity contribution in [1.29, 1.82) is 0 Å². The van der Waals surface area contributed by atoms with E-state index < -0.39 is 24.6 Å². The summed E-state index contributed by atoms with van der Waals surface area (Å²) in [5.74, 6) is -1.87. The monoisotopic (exact) mass is 276 g/mol. The van der Waals surface area contributed by atoms with E-state index in [-0.39, 0.29) is 18.9 Å². The van der Waals surface area contributed by atoms with Gasteiger partial charge in [-0.15, -0.1) is 0 Å². The molecule has 10 nitrogen and oxygen atoms in total. The molecule has 19 heavy (non-hydrogen) atoms. The highest BCUT2D eigenvalue weighted by atomic mass is 17.2. The van der Waals surface area contributed by atoms with E-state index in [1.807, 2.05) is 0 Å². The van der Waals surface area contributed by atoms with Gasteiger partial charge in [0.2, 0.25) is 0 Å². The van der Waals surface area contributed by atoms with E-state index >= 15 is 0 Å². The van der Waals surface area contributed by atoms with E-state index in [1.165, 1.54) is 0 Å². The molecule has 0 saturated carbocycles. The lowest BCUT2D eigenvalue weighted by molar-refractivity contribution is -0.250. The molecule has 1 unspecified atom stereocenters. The van der Waals surface area contributed by atoms with Gasteiger partial charge in [-0.2, -0.15) is 0 Å². The summed E-state index contributed by atoms with van der Waals surface area (Å²) in [6.45, 7) is -0.456. The van der Waals surface area contributed by atoms with Crippen molar-refractivity contribution in [2.24, 2.45) is 22.2 Å². The number of nitrogens with zero attached hydrogens (tertiary/aromatic N) is 1. The molecular formula is C9H16N4O6. The number of rotatable bonds is 9. The number of aliphatic imine (C=N–C) groups is 1. The molecule has 0 aromatic carbocycles. The average Bonchev–Trinajstić information content (AvgIpc) is 2.37. The Hall–Kier alpha value is -2.36. The van der Waals surface area contributed by atoms with Crippen LogP contribution < -0.4 is 17.2 Å². The van der Waals surface area contributed by atoms with Crippen LogP contribution in [0.25, 0.3) is 0 Å². The molecule has 0 heterocycles. The Morgan fingerprint density at radius 1 is 1.32 bits per heavy atom. The molecule has 0 aromatic rings. The summed E-state index contributed by atoms with van der Waals surface area (Å²) in [4.78, 5) is 43.1. The zero-order valence-electron chi connectivity index (χ0n) is 10.1. The molecule has 0 radical (unpaired) electrons. The van der Waals surface area contributed by atoms with E-state index in [9.17, 15) is 14.4 Å². The molecule has 0 aliphatic heterocycles. The lowest BCUT2D eigenvalue weighted by Gasteiger charge is -2.09. The molecular weight excluding hydrogens is 260 g/mol. The maximum Gasteiger partial charge on any atom is 0.392 e. The molecule has 0 amide bonds. The summed E-state index contributed by atoms with van der Waals surface area (Å²) in [5, 5.41) is 0. The summed E-state index contributed by atoms with van der Waals surface area (Å²) in [6, 6.07) is -0.908. The van der Waals surface area contributed by atoms with Gasteiger partial charge in [-0.25, -0.2) is 9.68 Å². The van der Waals surface area contributed by atoms with Crippen molar-refractivity contribution in [1.82, 2.24) is 0 Å². The molecule has 0 rings (SSSR count). The molecule has 0 saturated heterocycles. The lowest BCUT2D eigenvalue weighted by Crippen LogP contribution is -2.34. The van der Waals surface area contributed by atoms with E-state index in [4.69, 9.17) is 17.2 Å². The average molecular weight is 276 g/mol. The van der Waals surface area contributed by atoms with Crippen LogP contribution >= 0.6 is 0 Å². The van der Waals surface area contributed by atoms with Gasteiger partial charge in [0, 0.05) is 6.54 Å². The predicted octanol–water partition coefficient (Wildman–Crippen LogP) is -2.46. The second-order valence-electron chi connectivity index (χ2n) is 3.31. The third-order valence-corrected chi connectivity index (χ3v) is 1.78. The number of hydrogen-bond donors (Lipinski definition) is 3. The highest BCUT2D eigenvalue weighted by Crippen LogP contribution is 1.98. The molecule has 10 heteroatoms. The van der Waals surface area contributed by atoms with Crippen LogP contribution in [0.2, 0.25) is 0 Å². The second kappa shape index (κ2) is 9.65. The minimum Gasteiger partial charge on any atom is -0.452 e. The fourth-order valence-corrected chi connectivity index (χ4v) is 0.972. The first-order chi connectivity index (χ1) is 8.97. The summed E-state index contributed by atoms with van der Waals surface area (Å²) < 4.78 is 4.52. The van der Waals surface area contributed by atoms with Crippen molar-refractivity contribution >= 4 is 24.4 Å². The predicted molar refractivity (Wildman–Crippen MR) is 62.1 cm³/mol. The molecule has 0 aliphatic rings. The van der Waals surface area contributed by atoms with Gasteiger partial charge in [-0.1, -0.05) is 0 Å². The normalized spacial score (nSPS) is 11.0. The molecule has 0 aliphatic carbocycles. The zero-order valence-corrected chi connectivity index (χ0v) is 10.1. The maximum absolute atomic E-state index is 11.3. The number of ether oxygens (including phenoxy) is 1. The molecule has 0 spiro atoms. The number of esters is 1. The first-order valence-corrected chi connectivity index (χ1v) is 5.24. The second-order valence-corrected chi connectivity index (χ2v) is 3.31. The van der Waals surface area contributed by atoms with Crippen molar-refractivity contribution in [3.8, 4) is 0 Å². The lowest BCUT2D eigenvalue weighted by atomic mass is 10.2. The van der Waals surface area contributed by atoms with Gasteiger partial charge in [0.15, 0.2) is 12.6 Å². The molecule has 1 atom stereocenters. The van der Waals surface area contributed by atoms with Gasteiger partial charge in [0.25, 0.3) is 0 Å². The van der Waals surface area contributed by atoms with E-state index in [0.717, 1.165) is 0 Å². The van der Waals surface area contributed by atoms with Crippen LogP contribution in [0.15, 0.2) is 4.99 Å². The summed E-state index contributed by atoms with van der Waals surface area (Å²) in [7, 11) is 0. The quantitative estimate of drug-likeness (QED) is 0.0785. The van der Waals surface area contributed by atoms with Crippen molar-refractivity contribution in [3.63, 3.8) is 0 Å². The summed E-state index contributed by atoms with van der Waals surface area (Å²) in [6.07, 6.45) is 0.766. The first kappa shape index (κ1) is 16.6. The Morgan fingerprint density at radius 2 is 2.00 bits per heavy atom.